The number of imidazole rings is 1. The van der Waals surface area contributed by atoms with Crippen molar-refractivity contribution in [3.63, 3.8) is 0 Å². The van der Waals surface area contributed by atoms with Gasteiger partial charge in [-0.05, 0) is 30.5 Å². The van der Waals surface area contributed by atoms with Gasteiger partial charge < -0.3 is 14.6 Å². The van der Waals surface area contributed by atoms with E-state index in [9.17, 15) is 0 Å². The van der Waals surface area contributed by atoms with E-state index < -0.39 is 0 Å². The average Bonchev–Trinajstić information content (AvgIpc) is 3.32. The summed E-state index contributed by atoms with van der Waals surface area (Å²) in [6.45, 7) is 4.05. The van der Waals surface area contributed by atoms with Gasteiger partial charge in [0.2, 0.25) is 11.7 Å². The molecule has 0 radical (unpaired) electrons. The lowest BCUT2D eigenvalue weighted by atomic mass is 10.0. The second-order valence-electron chi connectivity index (χ2n) is 10.5. The minimum atomic E-state index is 0.191. The molecule has 2 aliphatic heterocycles. The van der Waals surface area contributed by atoms with Gasteiger partial charge in [0, 0.05) is 43.0 Å². The zero-order valence-corrected chi connectivity index (χ0v) is 23.0. The van der Waals surface area contributed by atoms with E-state index in [4.69, 9.17) is 15.0 Å². The molecule has 208 valence electrons. The van der Waals surface area contributed by atoms with E-state index >= 15 is 0 Å². The first-order valence-electron chi connectivity index (χ1n) is 14.2. The Bertz CT molecular complexity index is 1740. The number of hydrogen-bond acceptors (Lipinski definition) is 9. The van der Waals surface area contributed by atoms with Crippen LogP contribution in [0.25, 0.3) is 33.9 Å². The van der Waals surface area contributed by atoms with Gasteiger partial charge in [-0.2, -0.15) is 10.4 Å². The summed E-state index contributed by atoms with van der Waals surface area (Å²) < 4.78 is 8.14. The molecule has 5 heterocycles. The van der Waals surface area contributed by atoms with Crippen molar-refractivity contribution in [2.75, 3.05) is 25.0 Å². The van der Waals surface area contributed by atoms with Crippen LogP contribution in [0.15, 0.2) is 79.1 Å². The maximum absolute atomic E-state index is 9.05. The summed E-state index contributed by atoms with van der Waals surface area (Å²) in [7, 11) is 0. The fourth-order valence-electron chi connectivity index (χ4n) is 5.76. The van der Waals surface area contributed by atoms with Crippen LogP contribution in [0.3, 0.4) is 0 Å². The predicted octanol–water partition coefficient (Wildman–Crippen LogP) is 4.80. The number of anilines is 1. The van der Waals surface area contributed by atoms with Crippen molar-refractivity contribution in [3.05, 3.63) is 90.5 Å². The number of nitrogens with zero attached hydrogens (tertiary/aromatic N) is 8. The Morgan fingerprint density at radius 2 is 1.74 bits per heavy atom. The molecule has 7 rings (SSSR count). The highest BCUT2D eigenvalue weighted by Crippen LogP contribution is 2.39. The highest BCUT2D eigenvalue weighted by Gasteiger charge is 2.26. The van der Waals surface area contributed by atoms with Gasteiger partial charge in [-0.3, -0.25) is 4.90 Å². The fraction of sp³-hybridized carbons (Fsp3) is 0.250. The van der Waals surface area contributed by atoms with Crippen LogP contribution in [-0.2, 0) is 13.1 Å². The molecule has 5 aromatic rings. The molecular formula is C32H29N9O. The van der Waals surface area contributed by atoms with Gasteiger partial charge >= 0.3 is 0 Å². The molecule has 2 aliphatic rings. The van der Waals surface area contributed by atoms with E-state index in [0.717, 1.165) is 66.4 Å². The molecule has 0 spiro atoms. The van der Waals surface area contributed by atoms with Gasteiger partial charge in [0.05, 0.1) is 29.7 Å². The van der Waals surface area contributed by atoms with E-state index in [2.05, 4.69) is 83.5 Å². The van der Waals surface area contributed by atoms with Crippen LogP contribution < -0.4 is 10.1 Å². The number of likely N-dealkylation sites (tertiary alicyclic amines) is 1. The third-order valence-corrected chi connectivity index (χ3v) is 7.82. The van der Waals surface area contributed by atoms with Crippen molar-refractivity contribution in [3.8, 4) is 45.9 Å². The van der Waals surface area contributed by atoms with Crippen molar-refractivity contribution in [2.45, 2.75) is 32.0 Å². The van der Waals surface area contributed by atoms with Crippen molar-refractivity contribution >= 4 is 5.82 Å². The van der Waals surface area contributed by atoms with Crippen molar-refractivity contribution < 1.29 is 4.74 Å². The second-order valence-corrected chi connectivity index (χ2v) is 10.5. The summed E-state index contributed by atoms with van der Waals surface area (Å²) in [5.74, 6) is 2.27. The van der Waals surface area contributed by atoms with Crippen LogP contribution >= 0.6 is 0 Å². The highest BCUT2D eigenvalue weighted by molar-refractivity contribution is 5.83. The van der Waals surface area contributed by atoms with Crippen LogP contribution in [-0.4, -0.2) is 60.4 Å². The maximum atomic E-state index is 9.05. The van der Waals surface area contributed by atoms with Crippen LogP contribution in [0, 0.1) is 11.3 Å². The maximum Gasteiger partial charge on any atom is 0.244 e. The van der Waals surface area contributed by atoms with E-state index in [1.165, 1.54) is 5.56 Å². The molecule has 1 fully saturated rings. The standard InChI is InChI=1S/C32H29N9O/c33-20-28-34-14-11-27(37-28)36-25-12-16-40(17-13-25)21-22-6-8-23(9-7-22)29-30(24-4-2-1-3-5-24)41-18-19-42-32-26(31(41)38-29)10-15-35-39-32/h1-11,14-15,25H,12-13,16-19,21H2,(H,34,36,37). The van der Waals surface area contributed by atoms with Crippen LogP contribution in [0.2, 0.25) is 0 Å². The van der Waals surface area contributed by atoms with Gasteiger partial charge in [-0.15, -0.1) is 5.10 Å². The third-order valence-electron chi connectivity index (χ3n) is 7.82. The normalized spacial score (nSPS) is 15.1. The van der Waals surface area contributed by atoms with E-state index in [-0.39, 0.29) is 5.82 Å². The average molecular weight is 556 g/mol. The number of ether oxygens (including phenoxy) is 1. The molecule has 10 nitrogen and oxygen atoms in total. The van der Waals surface area contributed by atoms with Gasteiger partial charge in [-0.1, -0.05) is 54.6 Å². The molecule has 1 N–H and O–H groups in total. The van der Waals surface area contributed by atoms with Crippen LogP contribution in [0.4, 0.5) is 5.82 Å². The molecule has 3 aromatic heterocycles. The molecule has 42 heavy (non-hydrogen) atoms. The third kappa shape index (κ3) is 5.18. The largest absolute Gasteiger partial charge is 0.474 e. The number of piperidine rings is 1. The number of nitriles is 1. The first-order valence-corrected chi connectivity index (χ1v) is 14.2. The lowest BCUT2D eigenvalue weighted by molar-refractivity contribution is 0.211. The zero-order valence-electron chi connectivity index (χ0n) is 23.0. The van der Waals surface area contributed by atoms with Crippen molar-refractivity contribution in [1.82, 2.24) is 34.6 Å². The summed E-state index contributed by atoms with van der Waals surface area (Å²) in [4.78, 5) is 15.9. The molecule has 10 heteroatoms. The molecule has 0 aliphatic carbocycles. The lowest BCUT2D eigenvalue weighted by Crippen LogP contribution is -2.38. The number of benzene rings is 2. The van der Waals surface area contributed by atoms with E-state index in [1.807, 2.05) is 24.3 Å². The Balaban J connectivity index is 1.09. The molecule has 2 aromatic carbocycles. The molecule has 0 amide bonds. The Labute approximate surface area is 243 Å². The van der Waals surface area contributed by atoms with Gasteiger partial charge in [0.25, 0.3) is 0 Å². The molecule has 0 unspecified atom stereocenters. The molecule has 1 saturated heterocycles. The Kier molecular flexibility index (Phi) is 7.00. The van der Waals surface area contributed by atoms with Crippen molar-refractivity contribution in [2.24, 2.45) is 0 Å². The Hall–Kier alpha value is -5.14. The van der Waals surface area contributed by atoms with Gasteiger partial charge in [-0.25, -0.2) is 15.0 Å². The van der Waals surface area contributed by atoms with Crippen molar-refractivity contribution in [1.29, 1.82) is 5.26 Å². The second kappa shape index (κ2) is 11.4. The summed E-state index contributed by atoms with van der Waals surface area (Å²) in [5.41, 5.74) is 6.34. The fourth-order valence-corrected chi connectivity index (χ4v) is 5.76. The first-order chi connectivity index (χ1) is 20.7. The summed E-state index contributed by atoms with van der Waals surface area (Å²) in [6.07, 6.45) is 5.33. The number of rotatable bonds is 6. The quantitative estimate of drug-likeness (QED) is 0.315. The summed E-state index contributed by atoms with van der Waals surface area (Å²) in [5, 5.41) is 20.7. The topological polar surface area (TPSA) is 118 Å². The molecule has 0 atom stereocenters. The Morgan fingerprint density at radius 3 is 2.55 bits per heavy atom. The minimum absolute atomic E-state index is 0.191. The van der Waals surface area contributed by atoms with Crippen LogP contribution in [0.1, 0.15) is 24.2 Å². The predicted molar refractivity (Wildman–Crippen MR) is 158 cm³/mol. The van der Waals surface area contributed by atoms with Gasteiger partial charge in [0.1, 0.15) is 24.3 Å². The highest BCUT2D eigenvalue weighted by atomic mass is 16.5. The molecule has 0 bridgehead atoms. The first kappa shape index (κ1) is 25.8. The number of fused-ring (bicyclic) bond motifs is 3. The number of hydrogen-bond donors (Lipinski definition) is 1. The monoisotopic (exact) mass is 555 g/mol. The minimum Gasteiger partial charge on any atom is -0.474 e. The van der Waals surface area contributed by atoms with E-state index in [0.29, 0.717) is 30.9 Å². The SMILES string of the molecule is N#Cc1nccc(NC2CCN(Cc3ccc(-c4nc5n(c4-c4ccccc4)CCOc4nnccc4-5)cc3)CC2)n1. The smallest absolute Gasteiger partial charge is 0.244 e. The summed E-state index contributed by atoms with van der Waals surface area (Å²) in [6, 6.07) is 25.3. The van der Waals surface area contributed by atoms with E-state index in [1.54, 1.807) is 12.4 Å². The lowest BCUT2D eigenvalue weighted by Gasteiger charge is -2.32. The number of nitrogens with one attached hydrogen (secondary N) is 1. The Morgan fingerprint density at radius 1 is 0.905 bits per heavy atom. The van der Waals surface area contributed by atoms with Crippen LogP contribution in [0.5, 0.6) is 5.88 Å². The molecule has 0 saturated carbocycles. The van der Waals surface area contributed by atoms with Gasteiger partial charge in [0.15, 0.2) is 0 Å². The zero-order chi connectivity index (χ0) is 28.3. The number of aromatic nitrogens is 6. The summed E-state index contributed by atoms with van der Waals surface area (Å²) >= 11 is 0. The molecular weight excluding hydrogens is 526 g/mol.